The third kappa shape index (κ3) is 4.49. The monoisotopic (exact) mass is 243 g/mol. The van der Waals surface area contributed by atoms with E-state index in [-0.39, 0.29) is 0 Å². The van der Waals surface area contributed by atoms with Crippen LogP contribution in [0.25, 0.3) is 0 Å². The Bertz CT molecular complexity index is 354. The second-order valence-corrected chi connectivity index (χ2v) is 4.28. The van der Waals surface area contributed by atoms with Crippen molar-refractivity contribution in [3.8, 4) is 5.75 Å². The number of benzene rings is 1. The van der Waals surface area contributed by atoms with Gasteiger partial charge in [-0.1, -0.05) is 29.9 Å². The average Bonchev–Trinajstić information content (AvgIpc) is 2.14. The minimum absolute atomic E-state index is 0.522. The van der Waals surface area contributed by atoms with Crippen molar-refractivity contribution in [1.82, 2.24) is 0 Å². The fraction of sp³-hybridized carbons (Fsp3) is 0.364. The lowest BCUT2D eigenvalue weighted by atomic mass is 10.2. The third-order valence-corrected chi connectivity index (χ3v) is 2.41. The second-order valence-electron chi connectivity index (χ2n) is 3.35. The van der Waals surface area contributed by atoms with Crippen LogP contribution < -0.4 is 10.5 Å². The molecule has 1 rings (SSSR count). The molecule has 0 spiro atoms. The summed E-state index contributed by atoms with van der Waals surface area (Å²) >= 11 is 10.8. The van der Waals surface area contributed by atoms with E-state index in [0.29, 0.717) is 28.8 Å². The Balaban J connectivity index is 2.40. The minimum atomic E-state index is 0.522. The first kappa shape index (κ1) is 12.3. The van der Waals surface area contributed by atoms with Crippen LogP contribution in [0.3, 0.4) is 0 Å². The molecule has 0 bridgehead atoms. The quantitative estimate of drug-likeness (QED) is 0.638. The maximum Gasteiger partial charge on any atom is 0.137 e. The van der Waals surface area contributed by atoms with Crippen molar-refractivity contribution in [2.24, 2.45) is 5.73 Å². The molecule has 0 aliphatic rings. The number of ether oxygens (including phenoxy) is 1. The Kier molecular flexibility index (Phi) is 4.85. The summed E-state index contributed by atoms with van der Waals surface area (Å²) < 4.78 is 5.50. The van der Waals surface area contributed by atoms with Gasteiger partial charge in [0.25, 0.3) is 0 Å². The maximum atomic E-state index is 6.00. The fourth-order valence-corrected chi connectivity index (χ4v) is 1.59. The van der Waals surface area contributed by atoms with E-state index < -0.39 is 0 Å². The van der Waals surface area contributed by atoms with Gasteiger partial charge in [0.05, 0.1) is 16.6 Å². The summed E-state index contributed by atoms with van der Waals surface area (Å²) in [4.78, 5) is 0.522. The first-order chi connectivity index (χ1) is 7.09. The molecule has 0 radical (unpaired) electrons. The van der Waals surface area contributed by atoms with Crippen LogP contribution in [0.15, 0.2) is 18.2 Å². The molecule has 2 nitrogen and oxygen atoms in total. The van der Waals surface area contributed by atoms with E-state index in [2.05, 4.69) is 0 Å². The molecule has 4 heteroatoms. The zero-order chi connectivity index (χ0) is 11.3. The van der Waals surface area contributed by atoms with E-state index in [9.17, 15) is 0 Å². The van der Waals surface area contributed by atoms with Crippen molar-refractivity contribution in [3.05, 3.63) is 28.8 Å². The van der Waals surface area contributed by atoms with Crippen molar-refractivity contribution in [1.29, 1.82) is 0 Å². The van der Waals surface area contributed by atoms with Gasteiger partial charge in [-0.15, -0.1) is 0 Å². The number of hydrogen-bond acceptors (Lipinski definition) is 2. The van der Waals surface area contributed by atoms with Gasteiger partial charge in [0, 0.05) is 6.42 Å². The van der Waals surface area contributed by atoms with Gasteiger partial charge in [-0.3, -0.25) is 0 Å². The van der Waals surface area contributed by atoms with Crippen LogP contribution in [0.5, 0.6) is 5.75 Å². The van der Waals surface area contributed by atoms with Gasteiger partial charge in [-0.2, -0.15) is 0 Å². The van der Waals surface area contributed by atoms with E-state index in [0.717, 1.165) is 12.0 Å². The third-order valence-electron chi connectivity index (χ3n) is 1.91. The smallest absolute Gasteiger partial charge is 0.137 e. The lowest BCUT2D eigenvalue weighted by Crippen LogP contribution is -2.09. The molecule has 0 atom stereocenters. The molecule has 0 aromatic heterocycles. The molecule has 0 heterocycles. The summed E-state index contributed by atoms with van der Waals surface area (Å²) in [6.07, 6.45) is 1.53. The topological polar surface area (TPSA) is 35.2 Å². The lowest BCUT2D eigenvalue weighted by Gasteiger charge is -2.07. The SMILES string of the molecule is Cc1ccc(OCCCC(N)=S)c(Cl)c1. The number of halogens is 1. The van der Waals surface area contributed by atoms with Crippen molar-refractivity contribution >= 4 is 28.8 Å². The predicted molar refractivity (Wildman–Crippen MR) is 67.7 cm³/mol. The Hall–Kier alpha value is -0.800. The Morgan fingerprint density at radius 1 is 1.53 bits per heavy atom. The highest BCUT2D eigenvalue weighted by molar-refractivity contribution is 7.80. The minimum Gasteiger partial charge on any atom is -0.492 e. The summed E-state index contributed by atoms with van der Waals surface area (Å²) in [5, 5.41) is 0.644. The molecule has 1 aromatic rings. The highest BCUT2D eigenvalue weighted by Crippen LogP contribution is 2.25. The predicted octanol–water partition coefficient (Wildman–Crippen LogP) is 3.09. The van der Waals surface area contributed by atoms with Crippen LogP contribution in [0.4, 0.5) is 0 Å². The van der Waals surface area contributed by atoms with E-state index >= 15 is 0 Å². The molecular weight excluding hydrogens is 230 g/mol. The van der Waals surface area contributed by atoms with Crippen molar-refractivity contribution in [2.75, 3.05) is 6.61 Å². The molecule has 0 aliphatic carbocycles. The molecule has 0 saturated carbocycles. The molecule has 2 N–H and O–H groups in total. The maximum absolute atomic E-state index is 6.00. The van der Waals surface area contributed by atoms with Gasteiger partial charge in [0.15, 0.2) is 0 Å². The number of nitrogens with two attached hydrogens (primary N) is 1. The zero-order valence-electron chi connectivity index (χ0n) is 8.63. The summed E-state index contributed by atoms with van der Waals surface area (Å²) in [6.45, 7) is 2.57. The number of aryl methyl sites for hydroxylation is 1. The van der Waals surface area contributed by atoms with Gasteiger partial charge >= 0.3 is 0 Å². The van der Waals surface area contributed by atoms with Crippen LogP contribution in [-0.4, -0.2) is 11.6 Å². The molecule has 82 valence electrons. The van der Waals surface area contributed by atoms with E-state index in [1.54, 1.807) is 0 Å². The summed E-state index contributed by atoms with van der Waals surface area (Å²) in [5.41, 5.74) is 6.49. The highest BCUT2D eigenvalue weighted by atomic mass is 35.5. The van der Waals surface area contributed by atoms with Gasteiger partial charge in [-0.05, 0) is 31.0 Å². The second kappa shape index (κ2) is 5.93. The van der Waals surface area contributed by atoms with Crippen molar-refractivity contribution < 1.29 is 4.74 Å². The molecule has 0 amide bonds. The summed E-state index contributed by atoms with van der Waals surface area (Å²) in [7, 11) is 0. The van der Waals surface area contributed by atoms with Crippen molar-refractivity contribution in [3.63, 3.8) is 0 Å². The van der Waals surface area contributed by atoms with Gasteiger partial charge in [-0.25, -0.2) is 0 Å². The molecular formula is C11H14ClNOS. The van der Waals surface area contributed by atoms with Gasteiger partial charge in [0.1, 0.15) is 5.75 Å². The summed E-state index contributed by atoms with van der Waals surface area (Å²) in [6, 6.07) is 5.72. The van der Waals surface area contributed by atoms with Crippen LogP contribution in [0.2, 0.25) is 5.02 Å². The molecule has 1 aromatic carbocycles. The Morgan fingerprint density at radius 3 is 2.87 bits per heavy atom. The molecule has 0 unspecified atom stereocenters. The zero-order valence-corrected chi connectivity index (χ0v) is 10.2. The first-order valence-electron chi connectivity index (χ1n) is 4.77. The fourth-order valence-electron chi connectivity index (χ4n) is 1.15. The number of hydrogen-bond donors (Lipinski definition) is 1. The normalized spacial score (nSPS) is 10.0. The number of rotatable bonds is 5. The molecule has 0 fully saturated rings. The number of thiocarbonyl (C=S) groups is 1. The lowest BCUT2D eigenvalue weighted by molar-refractivity contribution is 0.314. The van der Waals surface area contributed by atoms with Crippen LogP contribution >= 0.6 is 23.8 Å². The summed E-state index contributed by atoms with van der Waals surface area (Å²) in [5.74, 6) is 0.713. The van der Waals surface area contributed by atoms with E-state index in [1.165, 1.54) is 0 Å². The highest BCUT2D eigenvalue weighted by Gasteiger charge is 2.01. The molecule has 0 aliphatic heterocycles. The average molecular weight is 244 g/mol. The molecule has 15 heavy (non-hydrogen) atoms. The van der Waals surface area contributed by atoms with Crippen LogP contribution in [0, 0.1) is 6.92 Å². The largest absolute Gasteiger partial charge is 0.492 e. The molecule has 0 saturated heterocycles. The van der Waals surface area contributed by atoms with Gasteiger partial charge in [0.2, 0.25) is 0 Å². The first-order valence-corrected chi connectivity index (χ1v) is 5.55. The van der Waals surface area contributed by atoms with E-state index in [4.69, 9.17) is 34.3 Å². The standard InChI is InChI=1S/C11H14ClNOS/c1-8-4-5-10(9(12)7-8)14-6-2-3-11(13)15/h4-5,7H,2-3,6H2,1H3,(H2,13,15). The Labute approximate surface area is 100 Å². The van der Waals surface area contributed by atoms with Gasteiger partial charge < -0.3 is 10.5 Å². The van der Waals surface area contributed by atoms with E-state index in [1.807, 2.05) is 25.1 Å². The Morgan fingerprint density at radius 2 is 2.27 bits per heavy atom. The van der Waals surface area contributed by atoms with Crippen LogP contribution in [-0.2, 0) is 0 Å². The van der Waals surface area contributed by atoms with Crippen molar-refractivity contribution in [2.45, 2.75) is 19.8 Å². The van der Waals surface area contributed by atoms with Crippen LogP contribution in [0.1, 0.15) is 18.4 Å².